The maximum absolute atomic E-state index is 12.1. The molecule has 2 N–H and O–H groups in total. The van der Waals surface area contributed by atoms with Gasteiger partial charge in [-0.1, -0.05) is 30.3 Å². The van der Waals surface area contributed by atoms with Crippen molar-refractivity contribution in [3.63, 3.8) is 0 Å². The Morgan fingerprint density at radius 3 is 2.32 bits per heavy atom. The third-order valence-electron chi connectivity index (χ3n) is 4.28. The Labute approximate surface area is 111 Å². The summed E-state index contributed by atoms with van der Waals surface area (Å²) in [5.41, 5.74) is 0.617. The molecule has 100 valence electrons. The monoisotopic (exact) mass is 259 g/mol. The average molecular weight is 259 g/mol. The number of carbonyl (C=O) groups excluding carboxylic acids is 1. The van der Waals surface area contributed by atoms with Crippen LogP contribution < -0.4 is 5.32 Å². The largest absolute Gasteiger partial charge is 0.479 e. The number of nitrogens with one attached hydrogen (secondary N) is 1. The number of fused-ring (bicyclic) bond motifs is 1. The first kappa shape index (κ1) is 12.2. The fraction of sp³-hybridized carbons (Fsp3) is 0.467. The van der Waals surface area contributed by atoms with Gasteiger partial charge in [0, 0.05) is 5.92 Å². The molecule has 0 heterocycles. The van der Waals surface area contributed by atoms with Gasteiger partial charge in [0.05, 0.1) is 0 Å². The number of rotatable bonds is 4. The van der Waals surface area contributed by atoms with Gasteiger partial charge in [-0.05, 0) is 36.7 Å². The van der Waals surface area contributed by atoms with Crippen LogP contribution in [0, 0.1) is 17.8 Å². The van der Waals surface area contributed by atoms with E-state index in [9.17, 15) is 14.7 Å². The van der Waals surface area contributed by atoms with Crippen LogP contribution >= 0.6 is 0 Å². The first-order valence-corrected chi connectivity index (χ1v) is 6.73. The quantitative estimate of drug-likeness (QED) is 0.868. The summed E-state index contributed by atoms with van der Waals surface area (Å²) >= 11 is 0. The molecule has 0 spiro atoms. The third kappa shape index (κ3) is 2.48. The SMILES string of the molecule is O=C(N[C@H](C(=O)O)c1ccccc1)C1CC2CC2C1. The molecular formula is C15H17NO3. The van der Waals surface area contributed by atoms with E-state index in [0.717, 1.165) is 24.7 Å². The van der Waals surface area contributed by atoms with Gasteiger partial charge in [-0.25, -0.2) is 4.79 Å². The van der Waals surface area contributed by atoms with E-state index >= 15 is 0 Å². The number of aliphatic carboxylic acids is 1. The predicted molar refractivity (Wildman–Crippen MR) is 69.3 cm³/mol. The molecule has 0 saturated heterocycles. The summed E-state index contributed by atoms with van der Waals surface area (Å²) in [5, 5.41) is 11.9. The van der Waals surface area contributed by atoms with E-state index in [-0.39, 0.29) is 11.8 Å². The molecule has 2 aliphatic carbocycles. The van der Waals surface area contributed by atoms with Crippen LogP contribution in [0.4, 0.5) is 0 Å². The number of benzene rings is 1. The fourth-order valence-corrected chi connectivity index (χ4v) is 3.12. The van der Waals surface area contributed by atoms with Crippen molar-refractivity contribution in [1.29, 1.82) is 0 Å². The zero-order valence-corrected chi connectivity index (χ0v) is 10.6. The van der Waals surface area contributed by atoms with Gasteiger partial charge in [0.2, 0.25) is 5.91 Å². The molecule has 0 bridgehead atoms. The molecule has 3 rings (SSSR count). The molecule has 19 heavy (non-hydrogen) atoms. The maximum atomic E-state index is 12.1. The lowest BCUT2D eigenvalue weighted by molar-refractivity contribution is -0.142. The molecule has 2 unspecified atom stereocenters. The van der Waals surface area contributed by atoms with Crippen LogP contribution in [0.1, 0.15) is 30.9 Å². The highest BCUT2D eigenvalue weighted by atomic mass is 16.4. The minimum Gasteiger partial charge on any atom is -0.479 e. The van der Waals surface area contributed by atoms with Gasteiger partial charge < -0.3 is 10.4 Å². The molecule has 0 aromatic heterocycles. The molecule has 1 aromatic rings. The van der Waals surface area contributed by atoms with Gasteiger partial charge in [0.1, 0.15) is 0 Å². The zero-order valence-electron chi connectivity index (χ0n) is 10.6. The predicted octanol–water partition coefficient (Wildman–Crippen LogP) is 1.97. The first-order valence-electron chi connectivity index (χ1n) is 6.73. The third-order valence-corrected chi connectivity index (χ3v) is 4.28. The second-order valence-corrected chi connectivity index (χ2v) is 5.61. The van der Waals surface area contributed by atoms with Gasteiger partial charge >= 0.3 is 5.97 Å². The Morgan fingerprint density at radius 2 is 1.74 bits per heavy atom. The Kier molecular flexibility index (Phi) is 3.01. The number of hydrogen-bond donors (Lipinski definition) is 2. The minimum absolute atomic E-state index is 0.00862. The number of carboxylic acids is 1. The molecule has 1 amide bonds. The van der Waals surface area contributed by atoms with E-state index in [1.165, 1.54) is 6.42 Å². The van der Waals surface area contributed by atoms with Crippen molar-refractivity contribution in [2.75, 3.05) is 0 Å². The van der Waals surface area contributed by atoms with Crippen LogP contribution in [0.3, 0.4) is 0 Å². The molecule has 4 nitrogen and oxygen atoms in total. The minimum atomic E-state index is -1.01. The highest BCUT2D eigenvalue weighted by Gasteiger charge is 2.48. The van der Waals surface area contributed by atoms with Crippen LogP contribution in [-0.4, -0.2) is 17.0 Å². The van der Waals surface area contributed by atoms with E-state index in [1.807, 2.05) is 6.07 Å². The summed E-state index contributed by atoms with van der Waals surface area (Å²) in [6, 6.07) is 7.90. The Hall–Kier alpha value is -1.84. The summed E-state index contributed by atoms with van der Waals surface area (Å²) < 4.78 is 0. The molecule has 2 saturated carbocycles. The van der Waals surface area contributed by atoms with Crippen LogP contribution in [0.2, 0.25) is 0 Å². The van der Waals surface area contributed by atoms with Crippen molar-refractivity contribution in [3.8, 4) is 0 Å². The number of amides is 1. The van der Waals surface area contributed by atoms with Gasteiger partial charge in [-0.3, -0.25) is 4.79 Å². The smallest absolute Gasteiger partial charge is 0.330 e. The average Bonchev–Trinajstić information content (AvgIpc) is 3.03. The Bertz CT molecular complexity index is 489. The lowest BCUT2D eigenvalue weighted by Gasteiger charge is -2.18. The van der Waals surface area contributed by atoms with Gasteiger partial charge in [0.15, 0.2) is 6.04 Å². The van der Waals surface area contributed by atoms with E-state index in [4.69, 9.17) is 0 Å². The Morgan fingerprint density at radius 1 is 1.11 bits per heavy atom. The first-order chi connectivity index (χ1) is 9.15. The molecule has 4 heteroatoms. The number of carboxylic acid groups (broad SMARTS) is 1. The highest BCUT2D eigenvalue weighted by Crippen LogP contribution is 2.54. The second-order valence-electron chi connectivity index (χ2n) is 5.61. The topological polar surface area (TPSA) is 66.4 Å². The van der Waals surface area contributed by atoms with E-state index in [1.54, 1.807) is 24.3 Å². The van der Waals surface area contributed by atoms with Crippen LogP contribution in [-0.2, 0) is 9.59 Å². The highest BCUT2D eigenvalue weighted by molar-refractivity contribution is 5.86. The van der Waals surface area contributed by atoms with Gasteiger partial charge in [-0.15, -0.1) is 0 Å². The number of carbonyl (C=O) groups is 2. The van der Waals surface area contributed by atoms with E-state index < -0.39 is 12.0 Å². The van der Waals surface area contributed by atoms with Crippen molar-refractivity contribution < 1.29 is 14.7 Å². The standard InChI is InChI=1S/C15H17NO3/c17-14(12-7-10-6-11(10)8-12)16-13(15(18)19)9-4-2-1-3-5-9/h1-5,10-13H,6-8H2,(H,16,17)(H,18,19)/t10?,11?,12?,13-/m0/s1. The lowest BCUT2D eigenvalue weighted by Crippen LogP contribution is -2.37. The van der Waals surface area contributed by atoms with Crippen LogP contribution in [0.5, 0.6) is 0 Å². The van der Waals surface area contributed by atoms with Gasteiger partial charge in [0.25, 0.3) is 0 Å². The van der Waals surface area contributed by atoms with Crippen molar-refractivity contribution >= 4 is 11.9 Å². The summed E-state index contributed by atoms with van der Waals surface area (Å²) in [6.07, 6.45) is 3.11. The van der Waals surface area contributed by atoms with Crippen LogP contribution in [0.25, 0.3) is 0 Å². The van der Waals surface area contributed by atoms with Crippen molar-refractivity contribution in [3.05, 3.63) is 35.9 Å². The maximum Gasteiger partial charge on any atom is 0.330 e. The van der Waals surface area contributed by atoms with E-state index in [0.29, 0.717) is 5.56 Å². The normalized spacial score (nSPS) is 29.4. The second kappa shape index (κ2) is 4.68. The number of hydrogen-bond acceptors (Lipinski definition) is 2. The van der Waals surface area contributed by atoms with Crippen molar-refractivity contribution in [2.24, 2.45) is 17.8 Å². The Balaban J connectivity index is 1.68. The summed E-state index contributed by atoms with van der Waals surface area (Å²) in [7, 11) is 0. The van der Waals surface area contributed by atoms with E-state index in [2.05, 4.69) is 5.32 Å². The molecule has 2 aliphatic rings. The molecule has 0 aliphatic heterocycles. The molecule has 1 aromatic carbocycles. The van der Waals surface area contributed by atoms with Crippen molar-refractivity contribution in [2.45, 2.75) is 25.3 Å². The summed E-state index contributed by atoms with van der Waals surface area (Å²) in [5.74, 6) is 0.326. The summed E-state index contributed by atoms with van der Waals surface area (Å²) in [4.78, 5) is 23.4. The molecule has 2 fully saturated rings. The molecule has 3 atom stereocenters. The zero-order chi connectivity index (χ0) is 13.4. The lowest BCUT2D eigenvalue weighted by atomic mass is 10.0. The van der Waals surface area contributed by atoms with Gasteiger partial charge in [-0.2, -0.15) is 0 Å². The van der Waals surface area contributed by atoms with Crippen LogP contribution in [0.15, 0.2) is 30.3 Å². The fourth-order valence-electron chi connectivity index (χ4n) is 3.12. The molecular weight excluding hydrogens is 242 g/mol. The van der Waals surface area contributed by atoms with Crippen molar-refractivity contribution in [1.82, 2.24) is 5.32 Å². The molecule has 0 radical (unpaired) electrons. The summed E-state index contributed by atoms with van der Waals surface area (Å²) in [6.45, 7) is 0.